The highest BCUT2D eigenvalue weighted by Gasteiger charge is 2.75. The molecule has 4 atom stereocenters. The van der Waals surface area contributed by atoms with Crippen LogP contribution in [0.5, 0.6) is 0 Å². The van der Waals surface area contributed by atoms with Crippen LogP contribution in [-0.2, 0) is 44.3 Å². The Hall–Kier alpha value is -7.96. The van der Waals surface area contributed by atoms with Crippen LogP contribution in [0.1, 0.15) is 91.9 Å². The summed E-state index contributed by atoms with van der Waals surface area (Å²) < 4.78 is 28.6. The van der Waals surface area contributed by atoms with Crippen molar-refractivity contribution in [2.24, 2.45) is 0 Å². The standard InChI is InChI=1S/2C26H19FN2O3/c2*1-25(19-7-5-16(13-28)6-8-19)15-26(25)21-12-20(27)9-10-22(21)29(24(26)32)14-17-3-2-4-18(11-17)23(30)31/h2*2-12H,14-15H2,1H3,(H,30,31)/t2*25-,26-/m10/s1. The minimum Gasteiger partial charge on any atom is -0.478 e. The van der Waals surface area contributed by atoms with Crippen LogP contribution < -0.4 is 9.80 Å². The van der Waals surface area contributed by atoms with E-state index in [1.165, 1.54) is 36.4 Å². The number of amides is 2. The molecule has 2 spiro atoms. The van der Waals surface area contributed by atoms with Gasteiger partial charge in [-0.3, -0.25) is 9.59 Å². The first-order chi connectivity index (χ1) is 30.6. The molecule has 2 aliphatic heterocycles. The van der Waals surface area contributed by atoms with E-state index in [0.717, 1.165) is 11.1 Å². The van der Waals surface area contributed by atoms with Crippen molar-refractivity contribution in [2.45, 2.75) is 61.4 Å². The van der Waals surface area contributed by atoms with Gasteiger partial charge in [-0.05, 0) is 131 Å². The van der Waals surface area contributed by atoms with Crippen LogP contribution >= 0.6 is 0 Å². The summed E-state index contributed by atoms with van der Waals surface area (Å²) in [5.41, 5.74) is 4.38. The summed E-state index contributed by atoms with van der Waals surface area (Å²) in [6.45, 7) is 4.39. The van der Waals surface area contributed by atoms with E-state index in [1.54, 1.807) is 82.6 Å². The number of nitrogens with zero attached hydrogens (tertiary/aromatic N) is 4. The minimum atomic E-state index is -1.03. The molecule has 316 valence electrons. The second-order valence-electron chi connectivity index (χ2n) is 17.3. The molecule has 10 rings (SSSR count). The van der Waals surface area contributed by atoms with Crippen molar-refractivity contribution < 1.29 is 38.2 Å². The number of aromatic carboxylic acids is 2. The Balaban J connectivity index is 0.000000162. The van der Waals surface area contributed by atoms with Gasteiger partial charge in [-0.25, -0.2) is 18.4 Å². The number of benzene rings is 6. The zero-order valence-corrected chi connectivity index (χ0v) is 34.6. The number of hydrogen-bond acceptors (Lipinski definition) is 6. The zero-order chi connectivity index (χ0) is 45.3. The van der Waals surface area contributed by atoms with Crippen LogP contribution in [0.15, 0.2) is 133 Å². The molecule has 4 aliphatic rings. The fourth-order valence-electron chi connectivity index (χ4n) is 10.3. The molecule has 0 saturated heterocycles. The lowest BCUT2D eigenvalue weighted by Gasteiger charge is -2.21. The fraction of sp³-hybridized carbons (Fsp3) is 0.192. The van der Waals surface area contributed by atoms with Gasteiger partial charge in [0.2, 0.25) is 11.8 Å². The molecule has 6 aromatic carbocycles. The predicted octanol–water partition coefficient (Wildman–Crippen LogP) is 9.08. The van der Waals surface area contributed by atoms with Gasteiger partial charge in [0.25, 0.3) is 0 Å². The van der Waals surface area contributed by atoms with Crippen LogP contribution in [0.3, 0.4) is 0 Å². The number of carboxylic acid groups (broad SMARTS) is 2. The average molecular weight is 853 g/mol. The van der Waals surface area contributed by atoms with E-state index in [4.69, 9.17) is 10.5 Å². The van der Waals surface area contributed by atoms with Crippen molar-refractivity contribution in [2.75, 3.05) is 9.80 Å². The van der Waals surface area contributed by atoms with Crippen molar-refractivity contribution in [3.63, 3.8) is 0 Å². The molecule has 0 aromatic heterocycles. The summed E-state index contributed by atoms with van der Waals surface area (Å²) in [5, 5.41) is 36.8. The molecule has 10 nitrogen and oxygen atoms in total. The van der Waals surface area contributed by atoms with Gasteiger partial charge in [-0.2, -0.15) is 10.5 Å². The summed E-state index contributed by atoms with van der Waals surface area (Å²) in [6.07, 6.45) is 1.07. The molecule has 2 heterocycles. The highest BCUT2D eigenvalue weighted by atomic mass is 19.1. The zero-order valence-electron chi connectivity index (χ0n) is 34.6. The summed E-state index contributed by atoms with van der Waals surface area (Å²) in [5.74, 6) is -3.11. The van der Waals surface area contributed by atoms with Gasteiger partial charge >= 0.3 is 11.9 Å². The number of carboxylic acids is 2. The lowest BCUT2D eigenvalue weighted by atomic mass is 9.83. The molecule has 6 aromatic rings. The quantitative estimate of drug-likeness (QED) is 0.153. The van der Waals surface area contributed by atoms with Gasteiger partial charge < -0.3 is 20.0 Å². The van der Waals surface area contributed by atoms with Gasteiger partial charge in [0.15, 0.2) is 0 Å². The Labute approximate surface area is 366 Å². The van der Waals surface area contributed by atoms with Crippen molar-refractivity contribution in [3.8, 4) is 12.1 Å². The third-order valence-electron chi connectivity index (χ3n) is 13.8. The number of carbonyl (C=O) groups is 4. The second kappa shape index (κ2) is 14.8. The number of nitriles is 2. The van der Waals surface area contributed by atoms with Crippen LogP contribution in [0.25, 0.3) is 0 Å². The molecule has 0 bridgehead atoms. The average Bonchev–Trinajstić information content (AvgIpc) is 4.11. The SMILES string of the molecule is C[C@@]1(c2ccc(C#N)cc2)C[C@]12C(=O)N(Cc1cccc(C(=O)O)c1)c1ccc(F)cc12.C[C@]1(c2ccc(C#N)cc2)C[C@@]12C(=O)N(Cc1cccc(C(=O)O)c1)c1ccc(F)cc12. The van der Waals surface area contributed by atoms with E-state index in [0.29, 0.717) is 57.6 Å². The normalized spacial score (nSPS) is 23.2. The van der Waals surface area contributed by atoms with Crippen LogP contribution in [0, 0.1) is 34.3 Å². The molecule has 64 heavy (non-hydrogen) atoms. The fourth-order valence-corrected chi connectivity index (χ4v) is 10.3. The van der Waals surface area contributed by atoms with E-state index in [-0.39, 0.29) is 36.0 Å². The van der Waals surface area contributed by atoms with Crippen molar-refractivity contribution in [1.82, 2.24) is 0 Å². The molecule has 2 aliphatic carbocycles. The van der Waals surface area contributed by atoms with Gasteiger partial charge in [-0.1, -0.05) is 62.4 Å². The monoisotopic (exact) mass is 852 g/mol. The van der Waals surface area contributed by atoms with E-state index < -0.39 is 45.2 Å². The highest BCUT2D eigenvalue weighted by Crippen LogP contribution is 2.71. The molecule has 2 saturated carbocycles. The molecule has 2 fully saturated rings. The Kier molecular flexibility index (Phi) is 9.60. The lowest BCUT2D eigenvalue weighted by Crippen LogP contribution is -2.35. The van der Waals surface area contributed by atoms with Crippen LogP contribution in [0.2, 0.25) is 0 Å². The summed E-state index contributed by atoms with van der Waals surface area (Å²) >= 11 is 0. The Bertz CT molecular complexity index is 2860. The smallest absolute Gasteiger partial charge is 0.335 e. The van der Waals surface area contributed by atoms with Crippen molar-refractivity contribution in [1.29, 1.82) is 10.5 Å². The number of rotatable bonds is 8. The molecule has 0 unspecified atom stereocenters. The Morgan fingerprint density at radius 1 is 0.578 bits per heavy atom. The van der Waals surface area contributed by atoms with Crippen LogP contribution in [0.4, 0.5) is 20.2 Å². The Morgan fingerprint density at radius 2 is 0.953 bits per heavy atom. The summed E-state index contributed by atoms with van der Waals surface area (Å²) in [4.78, 5) is 53.6. The largest absolute Gasteiger partial charge is 0.478 e. The van der Waals surface area contributed by atoms with Gasteiger partial charge in [0.1, 0.15) is 11.6 Å². The van der Waals surface area contributed by atoms with Gasteiger partial charge in [0.05, 0.1) is 58.3 Å². The maximum atomic E-state index is 14.3. The third kappa shape index (κ3) is 6.24. The minimum absolute atomic E-state index is 0.120. The lowest BCUT2D eigenvalue weighted by molar-refractivity contribution is -0.121. The van der Waals surface area contributed by atoms with E-state index in [9.17, 15) is 38.2 Å². The number of fused-ring (bicyclic) bond motifs is 4. The highest BCUT2D eigenvalue weighted by molar-refractivity contribution is 6.13. The molecule has 2 amide bonds. The predicted molar refractivity (Wildman–Crippen MR) is 232 cm³/mol. The van der Waals surface area contributed by atoms with Crippen molar-refractivity contribution >= 4 is 35.1 Å². The van der Waals surface area contributed by atoms with E-state index in [2.05, 4.69) is 12.1 Å². The van der Waals surface area contributed by atoms with Gasteiger partial charge in [0, 0.05) is 22.2 Å². The number of anilines is 2. The topological polar surface area (TPSA) is 163 Å². The first-order valence-electron chi connectivity index (χ1n) is 20.5. The number of halogens is 2. The molecular formula is C52H38F2N4O6. The molecule has 2 N–H and O–H groups in total. The first-order valence-corrected chi connectivity index (χ1v) is 20.5. The molecule has 12 heteroatoms. The van der Waals surface area contributed by atoms with Crippen LogP contribution in [-0.4, -0.2) is 34.0 Å². The summed E-state index contributed by atoms with van der Waals surface area (Å²) in [6, 6.07) is 40.3. The van der Waals surface area contributed by atoms with Crippen molar-refractivity contribution in [3.05, 3.63) is 201 Å². The van der Waals surface area contributed by atoms with E-state index in [1.807, 2.05) is 38.1 Å². The second-order valence-corrected chi connectivity index (χ2v) is 17.3. The third-order valence-corrected chi connectivity index (χ3v) is 13.8. The number of carbonyl (C=O) groups excluding carboxylic acids is 2. The molecule has 0 radical (unpaired) electrons. The maximum Gasteiger partial charge on any atom is 0.335 e. The summed E-state index contributed by atoms with van der Waals surface area (Å²) in [7, 11) is 0. The molecular weight excluding hydrogens is 815 g/mol. The van der Waals surface area contributed by atoms with E-state index >= 15 is 0 Å². The first kappa shape index (κ1) is 41.4. The van der Waals surface area contributed by atoms with Gasteiger partial charge in [-0.15, -0.1) is 0 Å². The number of hydrogen-bond donors (Lipinski definition) is 2. The maximum absolute atomic E-state index is 14.3. The Morgan fingerprint density at radius 3 is 1.30 bits per heavy atom.